The Labute approximate surface area is 224 Å². The number of hydrogen-bond acceptors (Lipinski definition) is 7. The molecule has 0 aromatic rings. The molecular formula is C30H42O8. The van der Waals surface area contributed by atoms with Gasteiger partial charge in [0.15, 0.2) is 11.6 Å². The van der Waals surface area contributed by atoms with Crippen LogP contribution in [-0.2, 0) is 19.2 Å². The first-order chi connectivity index (χ1) is 17.4. The Morgan fingerprint density at radius 1 is 1.08 bits per heavy atom. The molecule has 0 saturated heterocycles. The molecule has 2 fully saturated rings. The van der Waals surface area contributed by atoms with Gasteiger partial charge in [0.05, 0.1) is 23.5 Å². The van der Waals surface area contributed by atoms with Crippen molar-refractivity contribution in [2.45, 2.75) is 98.9 Å². The molecule has 4 N–H and O–H groups in total. The summed E-state index contributed by atoms with van der Waals surface area (Å²) in [5, 5.41) is 43.2. The molecule has 0 aromatic carbocycles. The minimum atomic E-state index is -1.53. The Bertz CT molecular complexity index is 1160. The Balaban J connectivity index is 1.85. The summed E-state index contributed by atoms with van der Waals surface area (Å²) in [5.41, 5.74) is -2.67. The highest BCUT2D eigenvalue weighted by Gasteiger charge is 2.73. The molecule has 0 aromatic heterocycles. The van der Waals surface area contributed by atoms with E-state index in [0.717, 1.165) is 0 Å². The fourth-order valence-corrected chi connectivity index (χ4v) is 8.71. The number of allylic oxidation sites excluding steroid dienone is 2. The lowest BCUT2D eigenvalue weighted by Crippen LogP contribution is -2.64. The van der Waals surface area contributed by atoms with Crippen molar-refractivity contribution >= 4 is 23.3 Å². The van der Waals surface area contributed by atoms with E-state index in [1.165, 1.54) is 13.0 Å². The molecule has 9 atom stereocenters. The van der Waals surface area contributed by atoms with Gasteiger partial charge in [0.1, 0.15) is 11.9 Å². The van der Waals surface area contributed by atoms with Gasteiger partial charge in [-0.25, -0.2) is 0 Å². The molecule has 4 rings (SSSR count). The van der Waals surface area contributed by atoms with Crippen LogP contribution in [0.15, 0.2) is 22.8 Å². The molecule has 0 spiro atoms. The van der Waals surface area contributed by atoms with Crippen molar-refractivity contribution in [3.05, 3.63) is 22.8 Å². The lowest BCUT2D eigenvalue weighted by molar-refractivity contribution is -0.156. The van der Waals surface area contributed by atoms with Crippen molar-refractivity contribution in [2.24, 2.45) is 39.4 Å². The van der Waals surface area contributed by atoms with Crippen molar-refractivity contribution in [2.75, 3.05) is 0 Å². The predicted octanol–water partition coefficient (Wildman–Crippen LogP) is 3.02. The van der Waals surface area contributed by atoms with Crippen LogP contribution in [0.25, 0.3) is 0 Å². The first kappa shape index (κ1) is 28.8. The molecule has 8 nitrogen and oxygen atoms in total. The van der Waals surface area contributed by atoms with Gasteiger partial charge in [-0.1, -0.05) is 40.2 Å². The molecule has 1 unspecified atom stereocenters. The quantitative estimate of drug-likeness (QED) is 0.396. The molecule has 0 amide bonds. The average Bonchev–Trinajstić information content (AvgIpc) is 3.03. The van der Waals surface area contributed by atoms with E-state index in [9.17, 15) is 34.5 Å². The van der Waals surface area contributed by atoms with Crippen molar-refractivity contribution in [3.8, 4) is 0 Å². The number of ketones is 3. The molecule has 8 heteroatoms. The number of fused-ring (bicyclic) bond motifs is 4. The monoisotopic (exact) mass is 530 g/mol. The van der Waals surface area contributed by atoms with Crippen LogP contribution in [-0.4, -0.2) is 62.1 Å². The topological polar surface area (TPSA) is 149 Å². The van der Waals surface area contributed by atoms with E-state index in [1.807, 2.05) is 20.8 Å². The summed E-state index contributed by atoms with van der Waals surface area (Å²) in [6, 6.07) is 0. The van der Waals surface area contributed by atoms with Gasteiger partial charge in [-0.05, 0) is 67.4 Å². The predicted molar refractivity (Wildman–Crippen MR) is 139 cm³/mol. The van der Waals surface area contributed by atoms with Crippen molar-refractivity contribution in [1.82, 2.24) is 0 Å². The molecule has 0 bridgehead atoms. The third-order valence-corrected chi connectivity index (χ3v) is 11.3. The number of carbonyl (C=O) groups excluding carboxylic acids is 3. The van der Waals surface area contributed by atoms with E-state index in [-0.39, 0.29) is 24.5 Å². The van der Waals surface area contributed by atoms with Crippen molar-refractivity contribution < 1.29 is 39.6 Å². The number of hydrogen-bond donors (Lipinski definition) is 4. The standard InChI is InChI=1S/C30H42O8/c1-14(10-16(31)11-15(2)26(37)38)17-12-21(34)30(7)22-18(32)13-19-27(3,4)20(33)8-9-28(19,5)23(22)24(35)25(36)29(17,30)6/h10,15,17-20,25,32-33,36H,8-9,11-13H2,1-7H3,(H,37,38)/b14-10+/t15?,17-,18+,19+,20+,25-,28+,29+,30+/m1/s1. The van der Waals surface area contributed by atoms with Crippen LogP contribution in [0.2, 0.25) is 0 Å². The van der Waals surface area contributed by atoms with Gasteiger partial charge in [0, 0.05) is 23.8 Å². The fourth-order valence-electron chi connectivity index (χ4n) is 8.71. The molecule has 210 valence electrons. The molecule has 0 radical (unpaired) electrons. The number of aliphatic hydroxyl groups is 3. The summed E-state index contributed by atoms with van der Waals surface area (Å²) in [6.07, 6.45) is -0.790. The molecule has 0 heterocycles. The fraction of sp³-hybridized carbons (Fsp3) is 0.733. The number of carbonyl (C=O) groups is 4. The van der Waals surface area contributed by atoms with Gasteiger partial charge in [0.25, 0.3) is 0 Å². The highest BCUT2D eigenvalue weighted by atomic mass is 16.4. The van der Waals surface area contributed by atoms with Gasteiger partial charge < -0.3 is 20.4 Å². The summed E-state index contributed by atoms with van der Waals surface area (Å²) in [5.74, 6) is -3.88. The first-order valence-electron chi connectivity index (χ1n) is 13.7. The second-order valence-electron chi connectivity index (χ2n) is 13.5. The molecule has 4 aliphatic rings. The zero-order chi connectivity index (χ0) is 28.7. The van der Waals surface area contributed by atoms with E-state index in [2.05, 4.69) is 0 Å². The third-order valence-electron chi connectivity index (χ3n) is 11.3. The van der Waals surface area contributed by atoms with E-state index < -0.39 is 69.3 Å². The zero-order valence-corrected chi connectivity index (χ0v) is 23.5. The number of carboxylic acid groups (broad SMARTS) is 1. The van der Waals surface area contributed by atoms with Gasteiger partial charge >= 0.3 is 5.97 Å². The second kappa shape index (κ2) is 8.93. The largest absolute Gasteiger partial charge is 0.481 e. The summed E-state index contributed by atoms with van der Waals surface area (Å²) >= 11 is 0. The maximum atomic E-state index is 14.1. The maximum absolute atomic E-state index is 14.1. The molecule has 4 aliphatic carbocycles. The summed E-state index contributed by atoms with van der Waals surface area (Å²) in [4.78, 5) is 51.9. The van der Waals surface area contributed by atoms with Crippen molar-refractivity contribution in [3.63, 3.8) is 0 Å². The zero-order valence-electron chi connectivity index (χ0n) is 23.5. The Morgan fingerprint density at radius 2 is 1.68 bits per heavy atom. The SMILES string of the molecule is C/C(=C\C(=O)CC(C)C(=O)O)[C@H]1CC(=O)[C@@]2(C)C3=C(C(=O)[C@@H](O)[C@]12C)[C@@]1(C)CC[C@H](O)C(C)(C)[C@@H]1C[C@@H]3O. The number of aliphatic carboxylic acids is 1. The van der Waals surface area contributed by atoms with Crippen LogP contribution >= 0.6 is 0 Å². The number of rotatable bonds is 5. The summed E-state index contributed by atoms with van der Waals surface area (Å²) in [7, 11) is 0. The summed E-state index contributed by atoms with van der Waals surface area (Å²) < 4.78 is 0. The highest BCUT2D eigenvalue weighted by molar-refractivity contribution is 6.08. The molecule has 2 saturated carbocycles. The number of Topliss-reactive ketones (excluding diaryl/α,β-unsaturated/α-hetero) is 2. The van der Waals surface area contributed by atoms with E-state index in [4.69, 9.17) is 5.11 Å². The summed E-state index contributed by atoms with van der Waals surface area (Å²) in [6.45, 7) is 12.4. The van der Waals surface area contributed by atoms with Gasteiger partial charge in [-0.15, -0.1) is 0 Å². The van der Waals surface area contributed by atoms with Crippen LogP contribution in [0.1, 0.15) is 80.6 Å². The van der Waals surface area contributed by atoms with Crippen molar-refractivity contribution in [1.29, 1.82) is 0 Å². The van der Waals surface area contributed by atoms with Gasteiger partial charge in [0.2, 0.25) is 0 Å². The van der Waals surface area contributed by atoms with E-state index in [0.29, 0.717) is 36.0 Å². The lowest BCUT2D eigenvalue weighted by atomic mass is 9.42. The maximum Gasteiger partial charge on any atom is 0.306 e. The molecule has 38 heavy (non-hydrogen) atoms. The van der Waals surface area contributed by atoms with Crippen LogP contribution in [0.4, 0.5) is 0 Å². The van der Waals surface area contributed by atoms with Crippen LogP contribution in [0.3, 0.4) is 0 Å². The average molecular weight is 531 g/mol. The van der Waals surface area contributed by atoms with Gasteiger partial charge in [-0.2, -0.15) is 0 Å². The van der Waals surface area contributed by atoms with Crippen LogP contribution in [0.5, 0.6) is 0 Å². The first-order valence-corrected chi connectivity index (χ1v) is 13.7. The van der Waals surface area contributed by atoms with Crippen LogP contribution < -0.4 is 0 Å². The second-order valence-corrected chi connectivity index (χ2v) is 13.5. The molecule has 0 aliphatic heterocycles. The Hall–Kier alpha value is -2.16. The minimum Gasteiger partial charge on any atom is -0.481 e. The Morgan fingerprint density at radius 3 is 2.26 bits per heavy atom. The normalized spacial score (nSPS) is 43.3. The van der Waals surface area contributed by atoms with Gasteiger partial charge in [-0.3, -0.25) is 19.2 Å². The lowest BCUT2D eigenvalue weighted by Gasteiger charge is -2.62. The Kier molecular flexibility index (Phi) is 6.78. The number of aliphatic hydroxyl groups excluding tert-OH is 3. The smallest absolute Gasteiger partial charge is 0.306 e. The highest BCUT2D eigenvalue weighted by Crippen LogP contribution is 2.70. The van der Waals surface area contributed by atoms with Crippen LogP contribution in [0, 0.1) is 39.4 Å². The third kappa shape index (κ3) is 3.59. The van der Waals surface area contributed by atoms with E-state index >= 15 is 0 Å². The van der Waals surface area contributed by atoms with E-state index in [1.54, 1.807) is 20.8 Å². The minimum absolute atomic E-state index is 0.00468. The molecular weight excluding hydrogens is 488 g/mol. The number of carboxylic acids is 1.